The Hall–Kier alpha value is -2.77. The summed E-state index contributed by atoms with van der Waals surface area (Å²) in [7, 11) is 1.58. The van der Waals surface area contributed by atoms with Crippen molar-refractivity contribution in [2.75, 3.05) is 12.4 Å². The lowest BCUT2D eigenvalue weighted by Crippen LogP contribution is -2.03. The summed E-state index contributed by atoms with van der Waals surface area (Å²) in [4.78, 5) is 10.5. The number of methoxy groups -OCH3 is 1. The van der Waals surface area contributed by atoms with Gasteiger partial charge in [0.15, 0.2) is 11.5 Å². The summed E-state index contributed by atoms with van der Waals surface area (Å²) in [5, 5.41) is 14.7. The first-order valence-electron chi connectivity index (χ1n) is 8.68. The van der Waals surface area contributed by atoms with Crippen LogP contribution in [-0.2, 0) is 13.2 Å². The van der Waals surface area contributed by atoms with E-state index >= 15 is 0 Å². The molecule has 0 fully saturated rings. The van der Waals surface area contributed by atoms with E-state index in [-0.39, 0.29) is 5.69 Å². The van der Waals surface area contributed by atoms with Gasteiger partial charge in [-0.2, -0.15) is 0 Å². The molecule has 29 heavy (non-hydrogen) atoms. The zero-order valence-corrected chi connectivity index (χ0v) is 17.9. The molecule has 0 aliphatic heterocycles. The van der Waals surface area contributed by atoms with Gasteiger partial charge < -0.3 is 14.8 Å². The largest absolute Gasteiger partial charge is 0.493 e. The van der Waals surface area contributed by atoms with Crippen LogP contribution in [0.5, 0.6) is 11.5 Å². The summed E-state index contributed by atoms with van der Waals surface area (Å²) >= 11 is 9.55. The molecule has 0 atom stereocenters. The number of ether oxygens (including phenoxy) is 2. The first-order chi connectivity index (χ1) is 14.0. The highest BCUT2D eigenvalue weighted by Crippen LogP contribution is 2.37. The summed E-state index contributed by atoms with van der Waals surface area (Å²) < 4.78 is 12.2. The van der Waals surface area contributed by atoms with Crippen molar-refractivity contribution in [1.82, 2.24) is 0 Å². The summed E-state index contributed by atoms with van der Waals surface area (Å²) in [5.41, 5.74) is 2.58. The van der Waals surface area contributed by atoms with Gasteiger partial charge in [-0.3, -0.25) is 10.1 Å². The number of nitro groups is 1. The molecule has 6 nitrogen and oxygen atoms in total. The highest BCUT2D eigenvalue weighted by atomic mass is 79.9. The first kappa shape index (κ1) is 21.0. The zero-order valence-electron chi connectivity index (χ0n) is 15.5. The molecule has 3 rings (SSSR count). The van der Waals surface area contributed by atoms with E-state index < -0.39 is 4.92 Å². The molecule has 3 aromatic carbocycles. The maximum absolute atomic E-state index is 10.9. The molecule has 0 aliphatic rings. The standard InChI is InChI=1S/C21H18BrClN2O4/c1-28-20-10-15(12-24-17-6-3-7-18(11-17)25(26)27)9-19(22)21(20)29-13-14-4-2-5-16(23)8-14/h2-11,24H,12-13H2,1H3. The third kappa shape index (κ3) is 5.62. The molecule has 0 amide bonds. The van der Waals surface area contributed by atoms with E-state index in [4.69, 9.17) is 21.1 Å². The second kappa shape index (κ2) is 9.62. The molecular formula is C21H18BrClN2O4. The molecule has 0 saturated carbocycles. The van der Waals surface area contributed by atoms with Gasteiger partial charge in [0.1, 0.15) is 6.61 Å². The Morgan fingerprint density at radius 2 is 1.90 bits per heavy atom. The number of nitrogens with zero attached hydrogens (tertiary/aromatic N) is 1. The van der Waals surface area contributed by atoms with Crippen LogP contribution in [0, 0.1) is 10.1 Å². The van der Waals surface area contributed by atoms with E-state index in [1.165, 1.54) is 12.1 Å². The van der Waals surface area contributed by atoms with Crippen LogP contribution < -0.4 is 14.8 Å². The van der Waals surface area contributed by atoms with Gasteiger partial charge in [0.05, 0.1) is 16.5 Å². The van der Waals surface area contributed by atoms with Gasteiger partial charge in [0, 0.05) is 29.4 Å². The van der Waals surface area contributed by atoms with E-state index in [0.717, 1.165) is 15.6 Å². The predicted molar refractivity (Wildman–Crippen MR) is 117 cm³/mol. The monoisotopic (exact) mass is 476 g/mol. The molecule has 8 heteroatoms. The third-order valence-electron chi connectivity index (χ3n) is 4.12. The first-order valence-corrected chi connectivity index (χ1v) is 9.85. The van der Waals surface area contributed by atoms with Crippen LogP contribution in [0.15, 0.2) is 65.1 Å². The predicted octanol–water partition coefficient (Wildman–Crippen LogP) is 6.21. The molecule has 0 saturated heterocycles. The van der Waals surface area contributed by atoms with Gasteiger partial charge in [0.25, 0.3) is 5.69 Å². The Morgan fingerprint density at radius 1 is 1.10 bits per heavy atom. The van der Waals surface area contributed by atoms with E-state index in [0.29, 0.717) is 35.4 Å². The van der Waals surface area contributed by atoms with Crippen molar-refractivity contribution in [3.63, 3.8) is 0 Å². The van der Waals surface area contributed by atoms with Crippen LogP contribution in [0.4, 0.5) is 11.4 Å². The molecule has 0 heterocycles. The molecule has 0 aromatic heterocycles. The summed E-state index contributed by atoms with van der Waals surface area (Å²) in [6.07, 6.45) is 0. The van der Waals surface area contributed by atoms with Gasteiger partial charge in [-0.1, -0.05) is 29.8 Å². The van der Waals surface area contributed by atoms with Gasteiger partial charge in [-0.15, -0.1) is 0 Å². The number of benzene rings is 3. The number of anilines is 1. The summed E-state index contributed by atoms with van der Waals surface area (Å²) in [5.74, 6) is 1.17. The zero-order chi connectivity index (χ0) is 20.8. The molecule has 1 N–H and O–H groups in total. The third-order valence-corrected chi connectivity index (χ3v) is 4.94. The van der Waals surface area contributed by atoms with Crippen LogP contribution in [-0.4, -0.2) is 12.0 Å². The molecule has 0 unspecified atom stereocenters. The fourth-order valence-electron chi connectivity index (χ4n) is 2.73. The van der Waals surface area contributed by atoms with Crippen molar-refractivity contribution in [3.05, 3.63) is 91.4 Å². The van der Waals surface area contributed by atoms with E-state index in [1.807, 2.05) is 36.4 Å². The van der Waals surface area contributed by atoms with E-state index in [1.54, 1.807) is 19.2 Å². The number of hydrogen-bond donors (Lipinski definition) is 1. The van der Waals surface area contributed by atoms with Gasteiger partial charge in [0.2, 0.25) is 0 Å². The number of nitrogens with one attached hydrogen (secondary N) is 1. The molecule has 0 bridgehead atoms. The van der Waals surface area contributed by atoms with E-state index in [9.17, 15) is 10.1 Å². The van der Waals surface area contributed by atoms with Crippen molar-refractivity contribution in [1.29, 1.82) is 0 Å². The molecular weight excluding hydrogens is 460 g/mol. The highest BCUT2D eigenvalue weighted by molar-refractivity contribution is 9.10. The SMILES string of the molecule is COc1cc(CNc2cccc([N+](=O)[O-])c2)cc(Br)c1OCc1cccc(Cl)c1. The Balaban J connectivity index is 1.72. The van der Waals surface area contributed by atoms with Crippen LogP contribution in [0.1, 0.15) is 11.1 Å². The molecule has 150 valence electrons. The van der Waals surface area contributed by atoms with Crippen LogP contribution in [0.3, 0.4) is 0 Å². The van der Waals surface area contributed by atoms with Crippen molar-refractivity contribution in [2.45, 2.75) is 13.2 Å². The van der Waals surface area contributed by atoms with Gasteiger partial charge in [-0.25, -0.2) is 0 Å². The Bertz CT molecular complexity index is 1030. The van der Waals surface area contributed by atoms with Crippen molar-refractivity contribution < 1.29 is 14.4 Å². The quantitative estimate of drug-likeness (QED) is 0.308. The van der Waals surface area contributed by atoms with Crippen LogP contribution in [0.25, 0.3) is 0 Å². The van der Waals surface area contributed by atoms with Gasteiger partial charge in [-0.05, 0) is 57.4 Å². The maximum atomic E-state index is 10.9. The van der Waals surface area contributed by atoms with Crippen LogP contribution >= 0.6 is 27.5 Å². The average Bonchev–Trinajstić information content (AvgIpc) is 2.71. The Kier molecular flexibility index (Phi) is 6.95. The Labute approximate surface area is 181 Å². The van der Waals surface area contributed by atoms with Crippen LogP contribution in [0.2, 0.25) is 5.02 Å². The molecule has 3 aromatic rings. The molecule has 0 spiro atoms. The lowest BCUT2D eigenvalue weighted by Gasteiger charge is -2.15. The Morgan fingerprint density at radius 3 is 2.62 bits per heavy atom. The molecule has 0 aliphatic carbocycles. The normalized spacial score (nSPS) is 10.4. The number of nitro benzene ring substituents is 1. The number of hydrogen-bond acceptors (Lipinski definition) is 5. The number of non-ortho nitro benzene ring substituents is 1. The second-order valence-corrected chi connectivity index (χ2v) is 7.48. The minimum Gasteiger partial charge on any atom is -0.493 e. The highest BCUT2D eigenvalue weighted by Gasteiger charge is 2.13. The fourth-order valence-corrected chi connectivity index (χ4v) is 3.55. The van der Waals surface area contributed by atoms with Gasteiger partial charge >= 0.3 is 0 Å². The second-order valence-electron chi connectivity index (χ2n) is 6.19. The topological polar surface area (TPSA) is 73.6 Å². The van der Waals surface area contributed by atoms with E-state index in [2.05, 4.69) is 21.2 Å². The number of halogens is 2. The maximum Gasteiger partial charge on any atom is 0.271 e. The lowest BCUT2D eigenvalue weighted by molar-refractivity contribution is -0.384. The lowest BCUT2D eigenvalue weighted by atomic mass is 10.2. The fraction of sp³-hybridized carbons (Fsp3) is 0.143. The smallest absolute Gasteiger partial charge is 0.271 e. The summed E-state index contributed by atoms with van der Waals surface area (Å²) in [6.45, 7) is 0.811. The number of rotatable bonds is 8. The summed E-state index contributed by atoms with van der Waals surface area (Å²) in [6, 6.07) is 17.6. The van der Waals surface area contributed by atoms with Crippen molar-refractivity contribution in [2.24, 2.45) is 0 Å². The van der Waals surface area contributed by atoms with Crippen molar-refractivity contribution in [3.8, 4) is 11.5 Å². The minimum atomic E-state index is -0.420. The molecule has 0 radical (unpaired) electrons. The van der Waals surface area contributed by atoms with Crippen molar-refractivity contribution >= 4 is 38.9 Å². The average molecular weight is 478 g/mol. The minimum absolute atomic E-state index is 0.0403.